The van der Waals surface area contributed by atoms with Gasteiger partial charge in [0.05, 0.1) is 0 Å². The fourth-order valence-electron chi connectivity index (χ4n) is 5.85. The molecule has 38 heavy (non-hydrogen) atoms. The van der Waals surface area contributed by atoms with Crippen molar-refractivity contribution >= 4 is 43.9 Å². The van der Waals surface area contributed by atoms with Gasteiger partial charge in [0.25, 0.3) is 0 Å². The molecular formula is C37H27Cl. The summed E-state index contributed by atoms with van der Waals surface area (Å²) in [6.07, 6.45) is 0. The van der Waals surface area contributed by atoms with Crippen molar-refractivity contribution in [3.63, 3.8) is 0 Å². The molecule has 1 heteroatoms. The molecule has 0 bridgehead atoms. The standard InChI is InChI=1S/C37H27Cl/c1-23(2)30-20-28-14-18-32-34(26-10-8-25(9-11-26)24-6-4-3-5-7-24)22-35(27-12-16-31(38)17-13-27)33-19-15-29(21-30)36(28)37(32)33/h3-23H,1-2H3. The van der Waals surface area contributed by atoms with Gasteiger partial charge in [0, 0.05) is 5.02 Å². The van der Waals surface area contributed by atoms with Crippen molar-refractivity contribution in [3.05, 3.63) is 132 Å². The number of benzene rings is 7. The second kappa shape index (κ2) is 9.01. The third-order valence-corrected chi connectivity index (χ3v) is 8.12. The fraction of sp³-hybridized carbons (Fsp3) is 0.0811. The maximum absolute atomic E-state index is 6.27. The van der Waals surface area contributed by atoms with Gasteiger partial charge in [-0.05, 0) is 95.4 Å². The number of rotatable bonds is 4. The van der Waals surface area contributed by atoms with Gasteiger partial charge in [0.2, 0.25) is 0 Å². The average Bonchev–Trinajstić information content (AvgIpc) is 2.96. The van der Waals surface area contributed by atoms with E-state index in [1.165, 1.54) is 71.3 Å². The lowest BCUT2D eigenvalue weighted by atomic mass is 9.84. The predicted molar refractivity (Wildman–Crippen MR) is 166 cm³/mol. The van der Waals surface area contributed by atoms with Crippen LogP contribution in [-0.4, -0.2) is 0 Å². The van der Waals surface area contributed by atoms with Crippen molar-refractivity contribution in [2.45, 2.75) is 19.8 Å². The Balaban J connectivity index is 1.53. The molecule has 0 aliphatic carbocycles. The van der Waals surface area contributed by atoms with Crippen LogP contribution >= 0.6 is 11.6 Å². The zero-order chi connectivity index (χ0) is 25.8. The van der Waals surface area contributed by atoms with Gasteiger partial charge in [-0.25, -0.2) is 0 Å². The molecule has 0 saturated heterocycles. The maximum atomic E-state index is 6.27. The van der Waals surface area contributed by atoms with E-state index in [1.807, 2.05) is 12.1 Å². The molecule has 0 aromatic heterocycles. The normalized spacial score (nSPS) is 11.8. The summed E-state index contributed by atoms with van der Waals surface area (Å²) in [5, 5.41) is 8.63. The van der Waals surface area contributed by atoms with Crippen LogP contribution in [0.1, 0.15) is 25.3 Å². The minimum atomic E-state index is 0.486. The minimum absolute atomic E-state index is 0.486. The van der Waals surface area contributed by atoms with E-state index >= 15 is 0 Å². The molecule has 7 aromatic carbocycles. The number of hydrogen-bond acceptors (Lipinski definition) is 0. The highest BCUT2D eigenvalue weighted by Gasteiger charge is 2.17. The second-order valence-electron chi connectivity index (χ2n) is 10.5. The van der Waals surface area contributed by atoms with Gasteiger partial charge in [-0.2, -0.15) is 0 Å². The van der Waals surface area contributed by atoms with E-state index < -0.39 is 0 Å². The van der Waals surface area contributed by atoms with Crippen LogP contribution in [0.3, 0.4) is 0 Å². The maximum Gasteiger partial charge on any atom is 0.0406 e. The van der Waals surface area contributed by atoms with E-state index in [9.17, 15) is 0 Å². The monoisotopic (exact) mass is 506 g/mol. The van der Waals surface area contributed by atoms with E-state index in [-0.39, 0.29) is 0 Å². The predicted octanol–water partition coefficient (Wildman–Crippen LogP) is 11.4. The first-order chi connectivity index (χ1) is 18.6. The van der Waals surface area contributed by atoms with Crippen molar-refractivity contribution in [1.29, 1.82) is 0 Å². The van der Waals surface area contributed by atoms with Gasteiger partial charge in [0.1, 0.15) is 0 Å². The fourth-order valence-corrected chi connectivity index (χ4v) is 5.98. The molecule has 182 valence electrons. The molecule has 0 amide bonds. The van der Waals surface area contributed by atoms with Crippen molar-refractivity contribution in [3.8, 4) is 33.4 Å². The molecule has 0 radical (unpaired) electrons. The molecular weight excluding hydrogens is 480 g/mol. The number of hydrogen-bond donors (Lipinski definition) is 0. The highest BCUT2D eigenvalue weighted by molar-refractivity contribution is 6.31. The highest BCUT2D eigenvalue weighted by atomic mass is 35.5. The van der Waals surface area contributed by atoms with Crippen molar-refractivity contribution in [1.82, 2.24) is 0 Å². The summed E-state index contributed by atoms with van der Waals surface area (Å²) in [7, 11) is 0. The van der Waals surface area contributed by atoms with Crippen LogP contribution in [0, 0.1) is 0 Å². The van der Waals surface area contributed by atoms with Crippen LogP contribution in [0.2, 0.25) is 5.02 Å². The van der Waals surface area contributed by atoms with Crippen LogP contribution in [0.4, 0.5) is 0 Å². The zero-order valence-corrected chi connectivity index (χ0v) is 22.3. The van der Waals surface area contributed by atoms with Gasteiger partial charge < -0.3 is 0 Å². The summed E-state index contributed by atoms with van der Waals surface area (Å²) in [6.45, 7) is 4.53. The van der Waals surface area contributed by atoms with Crippen molar-refractivity contribution < 1.29 is 0 Å². The summed E-state index contributed by atoms with van der Waals surface area (Å²) in [6, 6.07) is 44.1. The smallest absolute Gasteiger partial charge is 0.0406 e. The Bertz CT molecular complexity index is 1890. The van der Waals surface area contributed by atoms with Crippen molar-refractivity contribution in [2.24, 2.45) is 0 Å². The Hall–Kier alpha value is -4.13. The van der Waals surface area contributed by atoms with Crippen molar-refractivity contribution in [2.75, 3.05) is 0 Å². The summed E-state index contributed by atoms with van der Waals surface area (Å²) >= 11 is 6.27. The highest BCUT2D eigenvalue weighted by Crippen LogP contribution is 2.45. The lowest BCUT2D eigenvalue weighted by Gasteiger charge is -2.19. The molecule has 0 aliphatic heterocycles. The Morgan fingerprint density at radius 2 is 0.974 bits per heavy atom. The third-order valence-electron chi connectivity index (χ3n) is 7.86. The van der Waals surface area contributed by atoms with E-state index in [0.29, 0.717) is 5.92 Å². The molecule has 0 unspecified atom stereocenters. The summed E-state index contributed by atoms with van der Waals surface area (Å²) in [5.41, 5.74) is 8.73. The molecule has 7 aromatic rings. The SMILES string of the molecule is CC(C)c1cc2ccc3c(-c4ccc(Cl)cc4)cc(-c4ccc(-c5ccccc5)cc4)c4ccc(c1)c2c34. The molecule has 0 spiro atoms. The van der Waals surface area contributed by atoms with E-state index in [4.69, 9.17) is 11.6 Å². The second-order valence-corrected chi connectivity index (χ2v) is 11.0. The Kier molecular flexibility index (Phi) is 5.46. The lowest BCUT2D eigenvalue weighted by molar-refractivity contribution is 0.870. The van der Waals surface area contributed by atoms with Crippen LogP contribution in [0.25, 0.3) is 65.7 Å². The Morgan fingerprint density at radius 3 is 1.53 bits per heavy atom. The van der Waals surface area contributed by atoms with Gasteiger partial charge >= 0.3 is 0 Å². The third kappa shape index (κ3) is 3.76. The first-order valence-corrected chi connectivity index (χ1v) is 13.6. The van der Waals surface area contributed by atoms with E-state index in [0.717, 1.165) is 5.02 Å². The molecule has 0 N–H and O–H groups in total. The zero-order valence-electron chi connectivity index (χ0n) is 21.5. The van der Waals surface area contributed by atoms with Crippen LogP contribution in [0.15, 0.2) is 121 Å². The molecule has 0 nitrogen and oxygen atoms in total. The Labute approximate surface area is 228 Å². The topological polar surface area (TPSA) is 0 Å². The van der Waals surface area contributed by atoms with Gasteiger partial charge in [0.15, 0.2) is 0 Å². The molecule has 0 saturated carbocycles. The Morgan fingerprint density at radius 1 is 0.474 bits per heavy atom. The average molecular weight is 507 g/mol. The molecule has 0 aliphatic rings. The molecule has 0 fully saturated rings. The first-order valence-electron chi connectivity index (χ1n) is 13.2. The molecule has 7 rings (SSSR count). The quantitative estimate of drug-likeness (QED) is 0.208. The first kappa shape index (κ1) is 23.0. The summed E-state index contributed by atoms with van der Waals surface area (Å²) in [4.78, 5) is 0. The lowest BCUT2D eigenvalue weighted by Crippen LogP contribution is -1.93. The summed E-state index contributed by atoms with van der Waals surface area (Å²) in [5.74, 6) is 0.486. The van der Waals surface area contributed by atoms with E-state index in [2.05, 4.69) is 123 Å². The van der Waals surface area contributed by atoms with Crippen LogP contribution in [-0.2, 0) is 0 Å². The van der Waals surface area contributed by atoms with Crippen LogP contribution in [0.5, 0.6) is 0 Å². The van der Waals surface area contributed by atoms with Gasteiger partial charge in [-0.1, -0.05) is 129 Å². The minimum Gasteiger partial charge on any atom is -0.0843 e. The van der Waals surface area contributed by atoms with Gasteiger partial charge in [-0.3, -0.25) is 0 Å². The largest absolute Gasteiger partial charge is 0.0843 e. The summed E-state index contributed by atoms with van der Waals surface area (Å²) < 4.78 is 0. The molecule has 0 atom stereocenters. The van der Waals surface area contributed by atoms with E-state index in [1.54, 1.807) is 0 Å². The molecule has 0 heterocycles. The number of halogens is 1. The van der Waals surface area contributed by atoms with Crippen LogP contribution < -0.4 is 0 Å². The van der Waals surface area contributed by atoms with Gasteiger partial charge in [-0.15, -0.1) is 0 Å².